The van der Waals surface area contributed by atoms with E-state index >= 15 is 0 Å². The third-order valence-electron chi connectivity index (χ3n) is 2.65. The van der Waals surface area contributed by atoms with Crippen molar-refractivity contribution in [3.63, 3.8) is 0 Å². The van der Waals surface area contributed by atoms with E-state index in [9.17, 15) is 4.79 Å². The predicted molar refractivity (Wildman–Crippen MR) is 81.1 cm³/mol. The largest absolute Gasteiger partial charge is 0.304 e. The molecule has 4 nitrogen and oxygen atoms in total. The summed E-state index contributed by atoms with van der Waals surface area (Å²) in [4.78, 5) is 11.8. The molecule has 5 heteroatoms. The molecule has 1 heterocycles. The lowest BCUT2D eigenvalue weighted by molar-refractivity contribution is -0.684. The first-order chi connectivity index (χ1) is 9.65. The second-order valence-electron chi connectivity index (χ2n) is 4.21. The van der Waals surface area contributed by atoms with Crippen LogP contribution in [-0.2, 0) is 11.3 Å². The van der Waals surface area contributed by atoms with Crippen LogP contribution in [0.1, 0.15) is 5.56 Å². The van der Waals surface area contributed by atoms with E-state index in [0.717, 1.165) is 10.0 Å². The van der Waals surface area contributed by atoms with Crippen LogP contribution in [0.5, 0.6) is 0 Å². The zero-order valence-electron chi connectivity index (χ0n) is 10.8. The summed E-state index contributed by atoms with van der Waals surface area (Å²) in [6, 6.07) is 13.3. The van der Waals surface area contributed by atoms with E-state index in [1.165, 1.54) is 0 Å². The molecule has 0 saturated carbocycles. The molecule has 2 aromatic rings. The Labute approximate surface area is 126 Å². The topological polar surface area (TPSA) is 45.0 Å². The van der Waals surface area contributed by atoms with Gasteiger partial charge in [0.05, 0.1) is 5.70 Å². The third-order valence-corrected chi connectivity index (χ3v) is 3.18. The number of amides is 1. The van der Waals surface area contributed by atoms with Crippen LogP contribution in [-0.4, -0.2) is 5.91 Å². The van der Waals surface area contributed by atoms with Crippen LogP contribution >= 0.6 is 15.9 Å². The Kier molecular flexibility index (Phi) is 4.90. The third kappa shape index (κ3) is 4.20. The molecule has 1 aromatic heterocycles. The van der Waals surface area contributed by atoms with E-state index in [0.29, 0.717) is 5.70 Å². The number of nitrogens with one attached hydrogen (secondary N) is 2. The predicted octanol–water partition coefficient (Wildman–Crippen LogP) is 2.03. The van der Waals surface area contributed by atoms with Gasteiger partial charge in [-0.25, -0.2) is 0 Å². The second-order valence-corrected chi connectivity index (χ2v) is 5.12. The van der Waals surface area contributed by atoms with E-state index in [4.69, 9.17) is 0 Å². The minimum absolute atomic E-state index is 0.139. The number of hydrogen-bond donors (Lipinski definition) is 2. The summed E-state index contributed by atoms with van der Waals surface area (Å²) in [5, 5.41) is 0. The SMILES string of the molecule is C=C(NNC(=O)C[n+]1ccccc1)c1ccc(Br)cc1. The van der Waals surface area contributed by atoms with Crippen LogP contribution in [0.2, 0.25) is 0 Å². The Hall–Kier alpha value is -2.14. The molecule has 2 rings (SSSR count). The first kappa shape index (κ1) is 14.3. The lowest BCUT2D eigenvalue weighted by atomic mass is 10.2. The molecule has 20 heavy (non-hydrogen) atoms. The van der Waals surface area contributed by atoms with Gasteiger partial charge < -0.3 is 0 Å². The molecule has 0 radical (unpaired) electrons. The van der Waals surface area contributed by atoms with Crippen LogP contribution in [0.4, 0.5) is 0 Å². The minimum Gasteiger partial charge on any atom is -0.298 e. The van der Waals surface area contributed by atoms with Gasteiger partial charge in [-0.05, 0) is 17.7 Å². The highest BCUT2D eigenvalue weighted by Gasteiger charge is 2.08. The van der Waals surface area contributed by atoms with Crippen LogP contribution in [0.25, 0.3) is 5.70 Å². The van der Waals surface area contributed by atoms with Crippen molar-refractivity contribution < 1.29 is 9.36 Å². The molecule has 1 amide bonds. The van der Waals surface area contributed by atoms with Crippen molar-refractivity contribution >= 4 is 27.5 Å². The number of hydrogen-bond acceptors (Lipinski definition) is 2. The number of nitrogens with zero attached hydrogens (tertiary/aromatic N) is 1. The lowest BCUT2D eigenvalue weighted by Crippen LogP contribution is -2.46. The molecule has 0 spiro atoms. The first-order valence-corrected chi connectivity index (χ1v) is 6.88. The summed E-state index contributed by atoms with van der Waals surface area (Å²) in [6.07, 6.45) is 3.67. The van der Waals surface area contributed by atoms with Crippen LogP contribution in [0.3, 0.4) is 0 Å². The smallest absolute Gasteiger partial charge is 0.298 e. The van der Waals surface area contributed by atoms with Crippen molar-refractivity contribution in [2.24, 2.45) is 0 Å². The number of hydrazine groups is 1. The number of pyridine rings is 1. The first-order valence-electron chi connectivity index (χ1n) is 6.09. The van der Waals surface area contributed by atoms with Crippen molar-refractivity contribution in [2.45, 2.75) is 6.54 Å². The minimum atomic E-state index is -0.139. The van der Waals surface area contributed by atoms with E-state index in [2.05, 4.69) is 33.4 Å². The summed E-state index contributed by atoms with van der Waals surface area (Å²) in [6.45, 7) is 4.14. The Morgan fingerprint density at radius 3 is 2.40 bits per heavy atom. The molecular weight excluding hydrogens is 318 g/mol. The van der Waals surface area contributed by atoms with Gasteiger partial charge in [0.2, 0.25) is 6.54 Å². The van der Waals surface area contributed by atoms with Gasteiger partial charge in [-0.1, -0.05) is 40.7 Å². The van der Waals surface area contributed by atoms with Crippen molar-refractivity contribution in [1.82, 2.24) is 10.9 Å². The highest BCUT2D eigenvalue weighted by Crippen LogP contribution is 2.14. The number of aromatic nitrogens is 1. The highest BCUT2D eigenvalue weighted by molar-refractivity contribution is 9.10. The maximum atomic E-state index is 11.8. The molecule has 0 bridgehead atoms. The fourth-order valence-electron chi connectivity index (χ4n) is 1.61. The molecule has 2 N–H and O–H groups in total. The van der Waals surface area contributed by atoms with Crippen LogP contribution < -0.4 is 15.4 Å². The van der Waals surface area contributed by atoms with E-state index in [1.54, 1.807) is 4.57 Å². The van der Waals surface area contributed by atoms with Crippen molar-refractivity contribution in [3.05, 3.63) is 71.5 Å². The molecule has 0 unspecified atom stereocenters. The van der Waals surface area contributed by atoms with Crippen LogP contribution in [0.15, 0.2) is 65.9 Å². The number of carbonyl (C=O) groups is 1. The Balaban J connectivity index is 1.84. The molecule has 0 aliphatic rings. The Bertz CT molecular complexity index is 596. The van der Waals surface area contributed by atoms with Gasteiger partial charge in [0.25, 0.3) is 0 Å². The number of carbonyl (C=O) groups excluding carboxylic acids is 1. The van der Waals surface area contributed by atoms with Gasteiger partial charge in [-0.3, -0.25) is 15.6 Å². The van der Waals surface area contributed by atoms with Gasteiger partial charge in [0.15, 0.2) is 12.4 Å². The summed E-state index contributed by atoms with van der Waals surface area (Å²) in [7, 11) is 0. The number of halogens is 1. The molecule has 1 aromatic carbocycles. The quantitative estimate of drug-likeness (QED) is 0.650. The lowest BCUT2D eigenvalue weighted by Gasteiger charge is -2.10. The molecule has 102 valence electrons. The molecule has 0 atom stereocenters. The summed E-state index contributed by atoms with van der Waals surface area (Å²) in [5.41, 5.74) is 7.00. The van der Waals surface area contributed by atoms with Crippen LogP contribution in [0, 0.1) is 0 Å². The van der Waals surface area contributed by atoms with Gasteiger partial charge in [-0.2, -0.15) is 4.57 Å². The van der Waals surface area contributed by atoms with E-state index < -0.39 is 0 Å². The Morgan fingerprint density at radius 2 is 1.75 bits per heavy atom. The fraction of sp³-hybridized carbons (Fsp3) is 0.0667. The van der Waals surface area contributed by atoms with Gasteiger partial charge >= 0.3 is 5.91 Å². The van der Waals surface area contributed by atoms with E-state index in [-0.39, 0.29) is 12.5 Å². The highest BCUT2D eigenvalue weighted by atomic mass is 79.9. The summed E-state index contributed by atoms with van der Waals surface area (Å²) >= 11 is 3.37. The zero-order valence-corrected chi connectivity index (χ0v) is 12.4. The average molecular weight is 333 g/mol. The van der Waals surface area contributed by atoms with Crippen molar-refractivity contribution in [1.29, 1.82) is 0 Å². The monoisotopic (exact) mass is 332 g/mol. The summed E-state index contributed by atoms with van der Waals surface area (Å²) < 4.78 is 2.79. The molecule has 0 aliphatic carbocycles. The van der Waals surface area contributed by atoms with E-state index in [1.807, 2.05) is 54.9 Å². The standard InChI is InChI=1S/C15H14BrN3O/c1-12(13-5-7-14(16)8-6-13)17-18-15(20)11-19-9-3-2-4-10-19/h2-10,17H,1,11H2/p+1. The van der Waals surface area contributed by atoms with Gasteiger partial charge in [0, 0.05) is 16.6 Å². The van der Waals surface area contributed by atoms with Gasteiger partial charge in [0.1, 0.15) is 0 Å². The number of benzene rings is 1. The second kappa shape index (κ2) is 6.86. The summed E-state index contributed by atoms with van der Waals surface area (Å²) in [5.74, 6) is -0.139. The maximum absolute atomic E-state index is 11.8. The average Bonchev–Trinajstić information content (AvgIpc) is 2.46. The normalized spacial score (nSPS) is 9.85. The maximum Gasteiger partial charge on any atom is 0.304 e. The zero-order chi connectivity index (χ0) is 14.4. The molecular formula is C15H15BrN3O+. The van der Waals surface area contributed by atoms with Crippen molar-refractivity contribution in [3.8, 4) is 0 Å². The molecule has 0 saturated heterocycles. The van der Waals surface area contributed by atoms with Gasteiger partial charge in [-0.15, -0.1) is 0 Å². The molecule has 0 fully saturated rings. The molecule has 0 aliphatic heterocycles. The number of rotatable bonds is 5. The Morgan fingerprint density at radius 1 is 1.10 bits per heavy atom. The fourth-order valence-corrected chi connectivity index (χ4v) is 1.88. The van der Waals surface area contributed by atoms with Crippen molar-refractivity contribution in [2.75, 3.05) is 0 Å².